The SMILES string of the molecule is CN=C(NCc1ccc(OCCCN(C)C)cc1)N1CCCC(C)C1. The molecule has 5 nitrogen and oxygen atoms in total. The van der Waals surface area contributed by atoms with E-state index >= 15 is 0 Å². The maximum Gasteiger partial charge on any atom is 0.193 e. The molecule has 0 radical (unpaired) electrons. The van der Waals surface area contributed by atoms with Crippen molar-refractivity contribution < 1.29 is 4.74 Å². The third-order valence-electron chi connectivity index (χ3n) is 4.56. The molecule has 0 aromatic heterocycles. The van der Waals surface area contributed by atoms with Gasteiger partial charge in [0.15, 0.2) is 5.96 Å². The first kappa shape index (κ1) is 19.6. The molecule has 0 spiro atoms. The molecule has 0 saturated carbocycles. The zero-order chi connectivity index (χ0) is 18.1. The number of rotatable bonds is 7. The molecule has 2 rings (SSSR count). The van der Waals surface area contributed by atoms with Crippen molar-refractivity contribution in [1.82, 2.24) is 15.1 Å². The molecule has 1 N–H and O–H groups in total. The van der Waals surface area contributed by atoms with Gasteiger partial charge in [-0.15, -0.1) is 0 Å². The molecule has 0 bridgehead atoms. The molecule has 1 fully saturated rings. The molecule has 1 atom stereocenters. The summed E-state index contributed by atoms with van der Waals surface area (Å²) in [7, 11) is 6.03. The van der Waals surface area contributed by atoms with Crippen molar-refractivity contribution in [1.29, 1.82) is 0 Å². The second kappa shape index (κ2) is 10.3. The lowest BCUT2D eigenvalue weighted by Crippen LogP contribution is -2.45. The van der Waals surface area contributed by atoms with Crippen LogP contribution in [0.1, 0.15) is 31.7 Å². The van der Waals surface area contributed by atoms with Crippen LogP contribution in [0.5, 0.6) is 5.75 Å². The Balaban J connectivity index is 1.76. The smallest absolute Gasteiger partial charge is 0.193 e. The number of benzene rings is 1. The number of likely N-dealkylation sites (tertiary alicyclic amines) is 1. The third-order valence-corrected chi connectivity index (χ3v) is 4.56. The molecule has 1 aliphatic rings. The quantitative estimate of drug-likeness (QED) is 0.468. The Morgan fingerprint density at radius 2 is 2.08 bits per heavy atom. The average molecular weight is 347 g/mol. The van der Waals surface area contributed by atoms with Gasteiger partial charge in [0.25, 0.3) is 0 Å². The van der Waals surface area contributed by atoms with E-state index in [1.165, 1.54) is 18.4 Å². The van der Waals surface area contributed by atoms with Crippen LogP contribution in [0, 0.1) is 5.92 Å². The highest BCUT2D eigenvalue weighted by Gasteiger charge is 2.18. The largest absolute Gasteiger partial charge is 0.494 e. The first-order chi connectivity index (χ1) is 12.1. The van der Waals surface area contributed by atoms with Crippen LogP contribution in [0.3, 0.4) is 0 Å². The lowest BCUT2D eigenvalue weighted by atomic mass is 10.0. The van der Waals surface area contributed by atoms with Crippen LogP contribution in [0.25, 0.3) is 0 Å². The van der Waals surface area contributed by atoms with Gasteiger partial charge in [0.05, 0.1) is 6.61 Å². The maximum absolute atomic E-state index is 5.79. The average Bonchev–Trinajstić information content (AvgIpc) is 2.60. The van der Waals surface area contributed by atoms with Gasteiger partial charge in [-0.2, -0.15) is 0 Å². The Bertz CT molecular complexity index is 527. The number of hydrogen-bond acceptors (Lipinski definition) is 3. The van der Waals surface area contributed by atoms with Crippen LogP contribution >= 0.6 is 0 Å². The van der Waals surface area contributed by atoms with Crippen LogP contribution in [0.2, 0.25) is 0 Å². The summed E-state index contributed by atoms with van der Waals surface area (Å²) in [5.74, 6) is 2.70. The molecule has 1 aromatic rings. The fourth-order valence-corrected chi connectivity index (χ4v) is 3.17. The highest BCUT2D eigenvalue weighted by Crippen LogP contribution is 2.16. The summed E-state index contributed by atoms with van der Waals surface area (Å²) in [6.07, 6.45) is 3.62. The van der Waals surface area contributed by atoms with Gasteiger partial charge in [0, 0.05) is 33.2 Å². The highest BCUT2D eigenvalue weighted by atomic mass is 16.5. The molecule has 1 aliphatic heterocycles. The Morgan fingerprint density at radius 1 is 1.32 bits per heavy atom. The zero-order valence-electron chi connectivity index (χ0n) is 16.3. The fraction of sp³-hybridized carbons (Fsp3) is 0.650. The summed E-state index contributed by atoms with van der Waals surface area (Å²) >= 11 is 0. The minimum Gasteiger partial charge on any atom is -0.494 e. The van der Waals surface area contributed by atoms with Crippen molar-refractivity contribution in [3.05, 3.63) is 29.8 Å². The van der Waals surface area contributed by atoms with E-state index in [1.54, 1.807) is 0 Å². The third kappa shape index (κ3) is 6.94. The molecule has 1 saturated heterocycles. The van der Waals surface area contributed by atoms with E-state index in [0.29, 0.717) is 0 Å². The molecule has 1 aromatic carbocycles. The van der Waals surface area contributed by atoms with Crippen molar-refractivity contribution in [2.75, 3.05) is 47.4 Å². The summed E-state index contributed by atoms with van der Waals surface area (Å²) in [4.78, 5) is 8.99. The lowest BCUT2D eigenvalue weighted by molar-refractivity contribution is 0.266. The van der Waals surface area contributed by atoms with Crippen LogP contribution in [-0.2, 0) is 6.54 Å². The van der Waals surface area contributed by atoms with E-state index in [2.05, 4.69) is 65.4 Å². The Morgan fingerprint density at radius 3 is 2.72 bits per heavy atom. The minimum atomic E-state index is 0.747. The van der Waals surface area contributed by atoms with Crippen molar-refractivity contribution in [2.24, 2.45) is 10.9 Å². The normalized spacial score (nSPS) is 18.5. The van der Waals surface area contributed by atoms with Gasteiger partial charge in [-0.3, -0.25) is 4.99 Å². The van der Waals surface area contributed by atoms with Gasteiger partial charge in [0.2, 0.25) is 0 Å². The van der Waals surface area contributed by atoms with E-state index in [4.69, 9.17) is 4.74 Å². The minimum absolute atomic E-state index is 0.747. The number of aliphatic imine (C=N–C) groups is 1. The maximum atomic E-state index is 5.79. The molecule has 0 aliphatic carbocycles. The van der Waals surface area contributed by atoms with Gasteiger partial charge in [0.1, 0.15) is 5.75 Å². The topological polar surface area (TPSA) is 40.1 Å². The number of nitrogens with zero attached hydrogens (tertiary/aromatic N) is 3. The summed E-state index contributed by atoms with van der Waals surface area (Å²) < 4.78 is 5.79. The molecule has 0 amide bonds. The standard InChI is InChI=1S/C20H34N4O/c1-17-7-5-13-24(16-17)20(21-2)22-15-18-8-10-19(11-9-18)25-14-6-12-23(3)4/h8-11,17H,5-7,12-16H2,1-4H3,(H,21,22). The number of nitrogens with one attached hydrogen (secondary N) is 1. The summed E-state index contributed by atoms with van der Waals surface area (Å²) in [5.41, 5.74) is 1.24. The van der Waals surface area contributed by atoms with Crippen molar-refractivity contribution in [3.8, 4) is 5.75 Å². The fourth-order valence-electron chi connectivity index (χ4n) is 3.17. The van der Waals surface area contributed by atoms with E-state index in [1.807, 2.05) is 7.05 Å². The summed E-state index contributed by atoms with van der Waals surface area (Å²) in [6.45, 7) is 7.12. The van der Waals surface area contributed by atoms with Gasteiger partial charge in [-0.05, 0) is 57.0 Å². The van der Waals surface area contributed by atoms with Crippen LogP contribution in [0.15, 0.2) is 29.3 Å². The Hall–Kier alpha value is -1.75. The molecular formula is C20H34N4O. The van der Waals surface area contributed by atoms with E-state index < -0.39 is 0 Å². The number of ether oxygens (including phenoxy) is 1. The Labute approximate surface area is 153 Å². The van der Waals surface area contributed by atoms with Crippen LogP contribution < -0.4 is 10.1 Å². The molecule has 5 heteroatoms. The van der Waals surface area contributed by atoms with Crippen molar-refractivity contribution in [2.45, 2.75) is 32.7 Å². The first-order valence-electron chi connectivity index (χ1n) is 9.40. The second-order valence-corrected chi connectivity index (χ2v) is 7.24. The first-order valence-corrected chi connectivity index (χ1v) is 9.40. The number of piperidine rings is 1. The highest BCUT2D eigenvalue weighted by molar-refractivity contribution is 5.80. The molecule has 1 unspecified atom stereocenters. The van der Waals surface area contributed by atoms with Gasteiger partial charge >= 0.3 is 0 Å². The summed E-state index contributed by atoms with van der Waals surface area (Å²) in [5, 5.41) is 3.49. The van der Waals surface area contributed by atoms with Gasteiger partial charge in [-0.25, -0.2) is 0 Å². The Kier molecular flexibility index (Phi) is 8.06. The van der Waals surface area contributed by atoms with Crippen LogP contribution in [-0.4, -0.2) is 63.1 Å². The number of guanidine groups is 1. The van der Waals surface area contributed by atoms with Crippen molar-refractivity contribution >= 4 is 5.96 Å². The van der Waals surface area contributed by atoms with Crippen LogP contribution in [0.4, 0.5) is 0 Å². The monoisotopic (exact) mass is 346 g/mol. The van der Waals surface area contributed by atoms with E-state index in [0.717, 1.165) is 56.8 Å². The molecule has 1 heterocycles. The van der Waals surface area contributed by atoms with E-state index in [9.17, 15) is 0 Å². The predicted molar refractivity (Wildman–Crippen MR) is 105 cm³/mol. The summed E-state index contributed by atoms with van der Waals surface area (Å²) in [6, 6.07) is 8.36. The van der Waals surface area contributed by atoms with Gasteiger partial charge in [-0.1, -0.05) is 19.1 Å². The molecule has 140 valence electrons. The second-order valence-electron chi connectivity index (χ2n) is 7.24. The molecular weight excluding hydrogens is 312 g/mol. The van der Waals surface area contributed by atoms with E-state index in [-0.39, 0.29) is 0 Å². The number of hydrogen-bond donors (Lipinski definition) is 1. The predicted octanol–water partition coefficient (Wildman–Crippen LogP) is 2.82. The van der Waals surface area contributed by atoms with Gasteiger partial charge < -0.3 is 19.9 Å². The lowest BCUT2D eigenvalue weighted by Gasteiger charge is -2.33. The van der Waals surface area contributed by atoms with Crippen molar-refractivity contribution in [3.63, 3.8) is 0 Å². The zero-order valence-corrected chi connectivity index (χ0v) is 16.3. The molecule has 25 heavy (non-hydrogen) atoms.